The summed E-state index contributed by atoms with van der Waals surface area (Å²) < 4.78 is 0. The maximum atomic E-state index is 13.1. The Balaban J connectivity index is 1.41. The largest absolute Gasteiger partial charge is 0.342 e. The fourth-order valence-electron chi connectivity index (χ4n) is 4.27. The summed E-state index contributed by atoms with van der Waals surface area (Å²) in [6, 6.07) is 10.2. The second-order valence-electron chi connectivity index (χ2n) is 8.26. The average molecular weight is 396 g/mol. The molecule has 4 rings (SSSR count). The molecule has 0 saturated carbocycles. The molecule has 1 N–H and O–H groups in total. The molecule has 0 radical (unpaired) electrons. The lowest BCUT2D eigenvalue weighted by Gasteiger charge is -2.24. The van der Waals surface area contributed by atoms with Gasteiger partial charge in [0.25, 0.3) is 0 Å². The fraction of sp³-hybridized carbons (Fsp3) is 0.500. The molecule has 0 bridgehead atoms. The number of fused-ring (bicyclic) bond motifs is 1. The summed E-state index contributed by atoms with van der Waals surface area (Å²) in [5.41, 5.74) is 4.42. The first kappa shape index (κ1) is 19.6. The summed E-state index contributed by atoms with van der Waals surface area (Å²) in [6.07, 6.45) is 1.89. The van der Waals surface area contributed by atoms with Crippen molar-refractivity contribution in [3.05, 3.63) is 41.6 Å². The number of carbonyl (C=O) groups excluding carboxylic acids is 2. The van der Waals surface area contributed by atoms with E-state index in [1.165, 1.54) is 5.56 Å². The number of likely N-dealkylation sites (tertiary alicyclic amines) is 1. The van der Waals surface area contributed by atoms with Gasteiger partial charge in [0.15, 0.2) is 0 Å². The molecule has 0 spiro atoms. The van der Waals surface area contributed by atoms with Gasteiger partial charge in [0.1, 0.15) is 0 Å². The van der Waals surface area contributed by atoms with E-state index in [4.69, 9.17) is 0 Å². The quantitative estimate of drug-likeness (QED) is 0.831. The monoisotopic (exact) mass is 395 g/mol. The van der Waals surface area contributed by atoms with Crippen LogP contribution in [0.4, 0.5) is 0 Å². The van der Waals surface area contributed by atoms with Gasteiger partial charge in [-0.2, -0.15) is 5.10 Å². The minimum absolute atomic E-state index is 0.0980. The average Bonchev–Trinajstić information content (AvgIpc) is 3.23. The van der Waals surface area contributed by atoms with Crippen LogP contribution in [0.1, 0.15) is 17.7 Å². The number of benzene rings is 1. The summed E-state index contributed by atoms with van der Waals surface area (Å²) in [7, 11) is 3.99. The summed E-state index contributed by atoms with van der Waals surface area (Å²) in [4.78, 5) is 31.3. The smallest absolute Gasteiger partial charge is 0.228 e. The first-order chi connectivity index (χ1) is 14.0. The number of H-pyrrole nitrogens is 1. The highest BCUT2D eigenvalue weighted by Crippen LogP contribution is 2.28. The lowest BCUT2D eigenvalue weighted by Crippen LogP contribution is -2.39. The topological polar surface area (TPSA) is 72.5 Å². The van der Waals surface area contributed by atoms with Gasteiger partial charge in [-0.15, -0.1) is 0 Å². The highest BCUT2D eigenvalue weighted by atomic mass is 16.2. The third-order valence-electron chi connectivity index (χ3n) is 5.96. The lowest BCUT2D eigenvalue weighted by molar-refractivity contribution is -0.135. The van der Waals surface area contributed by atoms with Crippen LogP contribution in [0.5, 0.6) is 0 Å². The van der Waals surface area contributed by atoms with Gasteiger partial charge in [-0.25, -0.2) is 0 Å². The second kappa shape index (κ2) is 8.37. The van der Waals surface area contributed by atoms with Gasteiger partial charge < -0.3 is 14.7 Å². The van der Waals surface area contributed by atoms with Crippen LogP contribution in [0.25, 0.3) is 11.3 Å². The molecule has 2 aliphatic heterocycles. The first-order valence-corrected chi connectivity index (χ1v) is 10.4. The molecule has 1 unspecified atom stereocenters. The highest BCUT2D eigenvalue weighted by molar-refractivity contribution is 5.89. The Hall–Kier alpha value is -2.67. The third-order valence-corrected chi connectivity index (χ3v) is 5.96. The molecule has 1 aromatic carbocycles. The van der Waals surface area contributed by atoms with E-state index in [-0.39, 0.29) is 17.7 Å². The lowest BCUT2D eigenvalue weighted by atomic mass is 10.0. The van der Waals surface area contributed by atoms with Gasteiger partial charge in [-0.1, -0.05) is 30.3 Å². The van der Waals surface area contributed by atoms with E-state index in [0.29, 0.717) is 32.6 Å². The van der Waals surface area contributed by atoms with Crippen LogP contribution >= 0.6 is 0 Å². The van der Waals surface area contributed by atoms with E-state index >= 15 is 0 Å². The normalized spacial score (nSPS) is 19.6. The van der Waals surface area contributed by atoms with Gasteiger partial charge in [0.05, 0.1) is 11.6 Å². The SMILES string of the molecule is CN(C)CCN1CC(C(=O)N2CCc3[nH]nc(-c4ccccc4)c3CC2)CC1=O. The van der Waals surface area contributed by atoms with Crippen LogP contribution in [-0.2, 0) is 22.4 Å². The maximum absolute atomic E-state index is 13.1. The van der Waals surface area contributed by atoms with Crippen molar-refractivity contribution in [3.63, 3.8) is 0 Å². The van der Waals surface area contributed by atoms with Gasteiger partial charge in [-0.3, -0.25) is 14.7 Å². The Morgan fingerprint density at radius 3 is 2.72 bits per heavy atom. The predicted octanol–water partition coefficient (Wildman–Crippen LogP) is 1.41. The number of likely N-dealkylation sites (N-methyl/N-ethyl adjacent to an activating group) is 1. The number of hydrogen-bond donors (Lipinski definition) is 1. The molecule has 2 amide bonds. The van der Waals surface area contributed by atoms with Crippen molar-refractivity contribution in [2.24, 2.45) is 5.92 Å². The van der Waals surface area contributed by atoms with Crippen LogP contribution in [0, 0.1) is 5.92 Å². The van der Waals surface area contributed by atoms with E-state index in [1.807, 2.05) is 42.1 Å². The number of amides is 2. The summed E-state index contributed by atoms with van der Waals surface area (Å²) in [6.45, 7) is 3.40. The number of hydrogen-bond acceptors (Lipinski definition) is 4. The molecule has 2 aromatic rings. The van der Waals surface area contributed by atoms with Crippen molar-refractivity contribution in [1.29, 1.82) is 0 Å². The minimum Gasteiger partial charge on any atom is -0.342 e. The van der Waals surface area contributed by atoms with Crippen LogP contribution in [-0.4, -0.2) is 83.5 Å². The van der Waals surface area contributed by atoms with Gasteiger partial charge >= 0.3 is 0 Å². The van der Waals surface area contributed by atoms with Crippen molar-refractivity contribution in [1.82, 2.24) is 24.9 Å². The van der Waals surface area contributed by atoms with Crippen molar-refractivity contribution in [2.45, 2.75) is 19.3 Å². The van der Waals surface area contributed by atoms with Gasteiger partial charge in [-0.05, 0) is 20.5 Å². The zero-order valence-electron chi connectivity index (χ0n) is 17.2. The van der Waals surface area contributed by atoms with Crippen LogP contribution in [0.2, 0.25) is 0 Å². The van der Waals surface area contributed by atoms with Crippen LogP contribution in [0.3, 0.4) is 0 Å². The predicted molar refractivity (Wildman–Crippen MR) is 111 cm³/mol. The molecule has 0 aliphatic carbocycles. The molecular formula is C22H29N5O2. The zero-order chi connectivity index (χ0) is 20.4. The standard InChI is InChI=1S/C22H29N5O2/c1-25(2)12-13-27-15-17(14-20(27)28)22(29)26-10-8-18-19(9-11-26)23-24-21(18)16-6-4-3-5-7-16/h3-7,17H,8-15H2,1-2H3,(H,23,24). The Morgan fingerprint density at radius 2 is 1.97 bits per heavy atom. The van der Waals surface area contributed by atoms with E-state index < -0.39 is 0 Å². The number of nitrogens with zero attached hydrogens (tertiary/aromatic N) is 4. The molecule has 2 aliphatic rings. The Labute approximate surface area is 171 Å². The first-order valence-electron chi connectivity index (χ1n) is 10.4. The third kappa shape index (κ3) is 4.19. The summed E-state index contributed by atoms with van der Waals surface area (Å²) in [5.74, 6) is -0.00120. The van der Waals surface area contributed by atoms with E-state index in [2.05, 4.69) is 27.2 Å². The Bertz CT molecular complexity index is 877. The fourth-order valence-corrected chi connectivity index (χ4v) is 4.27. The summed E-state index contributed by atoms with van der Waals surface area (Å²) >= 11 is 0. The van der Waals surface area contributed by atoms with E-state index in [9.17, 15) is 9.59 Å². The zero-order valence-corrected chi connectivity index (χ0v) is 17.2. The molecule has 7 nitrogen and oxygen atoms in total. The van der Waals surface area contributed by atoms with Crippen molar-refractivity contribution in [3.8, 4) is 11.3 Å². The number of carbonyl (C=O) groups is 2. The molecule has 29 heavy (non-hydrogen) atoms. The van der Waals surface area contributed by atoms with E-state index in [0.717, 1.165) is 36.3 Å². The van der Waals surface area contributed by atoms with Crippen molar-refractivity contribution < 1.29 is 9.59 Å². The molecular weight excluding hydrogens is 366 g/mol. The second-order valence-corrected chi connectivity index (χ2v) is 8.26. The molecule has 3 heterocycles. The van der Waals surface area contributed by atoms with Crippen LogP contribution in [0.15, 0.2) is 30.3 Å². The van der Waals surface area contributed by atoms with E-state index in [1.54, 1.807) is 0 Å². The molecule has 154 valence electrons. The molecule has 1 atom stereocenters. The molecule has 1 saturated heterocycles. The van der Waals surface area contributed by atoms with Gasteiger partial charge in [0, 0.05) is 62.4 Å². The maximum Gasteiger partial charge on any atom is 0.228 e. The number of aromatic nitrogens is 2. The van der Waals surface area contributed by atoms with Crippen molar-refractivity contribution in [2.75, 3.05) is 46.8 Å². The van der Waals surface area contributed by atoms with Gasteiger partial charge in [0.2, 0.25) is 11.8 Å². The molecule has 1 fully saturated rings. The molecule has 7 heteroatoms. The molecule has 1 aromatic heterocycles. The number of rotatable bonds is 5. The Morgan fingerprint density at radius 1 is 1.21 bits per heavy atom. The minimum atomic E-state index is -0.215. The number of nitrogens with one attached hydrogen (secondary N) is 1. The highest BCUT2D eigenvalue weighted by Gasteiger charge is 2.36. The summed E-state index contributed by atoms with van der Waals surface area (Å²) in [5, 5.41) is 7.71. The van der Waals surface area contributed by atoms with Crippen LogP contribution < -0.4 is 0 Å². The van der Waals surface area contributed by atoms with Crippen molar-refractivity contribution >= 4 is 11.8 Å². The Kier molecular flexibility index (Phi) is 5.67. The number of aromatic amines is 1.